The van der Waals surface area contributed by atoms with E-state index < -0.39 is 0 Å². The molecular formula is C16H23NO2. The third-order valence-electron chi connectivity index (χ3n) is 2.70. The number of carbonyl (C=O) groups is 1. The molecule has 104 valence electrons. The van der Waals surface area contributed by atoms with Crippen LogP contribution in [-0.2, 0) is 4.79 Å². The summed E-state index contributed by atoms with van der Waals surface area (Å²) in [6, 6.07) is 7.75. The first kappa shape index (κ1) is 15.4. The van der Waals surface area contributed by atoms with Crippen molar-refractivity contribution in [2.75, 3.05) is 13.6 Å². The number of nitrogens with one attached hydrogen (secondary N) is 1. The maximum absolute atomic E-state index is 11.5. The van der Waals surface area contributed by atoms with Gasteiger partial charge in [-0.3, -0.25) is 4.79 Å². The minimum atomic E-state index is 0.0336. The van der Waals surface area contributed by atoms with Gasteiger partial charge in [-0.15, -0.1) is 0 Å². The second-order valence-corrected chi connectivity index (χ2v) is 4.95. The Balaban J connectivity index is 2.69. The van der Waals surface area contributed by atoms with Gasteiger partial charge in [0.2, 0.25) is 0 Å². The van der Waals surface area contributed by atoms with Crippen molar-refractivity contribution in [2.24, 2.45) is 5.92 Å². The van der Waals surface area contributed by atoms with Gasteiger partial charge >= 0.3 is 0 Å². The summed E-state index contributed by atoms with van der Waals surface area (Å²) in [5.41, 5.74) is 0.975. The number of allylic oxidation sites excluding steroid dienone is 1. The first-order valence-corrected chi connectivity index (χ1v) is 6.66. The molecule has 0 amide bonds. The molecule has 0 aliphatic rings. The Morgan fingerprint density at radius 3 is 2.74 bits per heavy atom. The van der Waals surface area contributed by atoms with Crippen LogP contribution in [0.1, 0.15) is 26.3 Å². The Hall–Kier alpha value is -1.61. The van der Waals surface area contributed by atoms with Crippen molar-refractivity contribution in [1.82, 2.24) is 5.32 Å². The van der Waals surface area contributed by atoms with Gasteiger partial charge in [-0.2, -0.15) is 0 Å². The van der Waals surface area contributed by atoms with Crippen molar-refractivity contribution in [3.63, 3.8) is 0 Å². The molecule has 0 aliphatic heterocycles. The van der Waals surface area contributed by atoms with E-state index in [-0.39, 0.29) is 17.8 Å². The third-order valence-corrected chi connectivity index (χ3v) is 2.70. The summed E-state index contributed by atoms with van der Waals surface area (Å²) in [5.74, 6) is 0.989. The van der Waals surface area contributed by atoms with E-state index >= 15 is 0 Å². The SMILES string of the molecule is CNC[C@@H](C)Oc1cccc(/C=C/C(=O)C(C)C)c1. The van der Waals surface area contributed by atoms with E-state index in [0.29, 0.717) is 0 Å². The fourth-order valence-corrected chi connectivity index (χ4v) is 1.62. The van der Waals surface area contributed by atoms with Crippen molar-refractivity contribution in [2.45, 2.75) is 26.9 Å². The highest BCUT2D eigenvalue weighted by atomic mass is 16.5. The standard InChI is InChI=1S/C16H23NO2/c1-12(2)16(18)9-8-14-6-5-7-15(10-14)19-13(3)11-17-4/h5-10,12-13,17H,11H2,1-4H3/b9-8+/t13-/m1/s1. The molecule has 3 nitrogen and oxygen atoms in total. The van der Waals surface area contributed by atoms with Gasteiger partial charge < -0.3 is 10.1 Å². The number of likely N-dealkylation sites (N-methyl/N-ethyl adjacent to an activating group) is 1. The van der Waals surface area contributed by atoms with Gasteiger partial charge in [-0.25, -0.2) is 0 Å². The Morgan fingerprint density at radius 1 is 1.37 bits per heavy atom. The summed E-state index contributed by atoms with van der Waals surface area (Å²) in [4.78, 5) is 11.5. The summed E-state index contributed by atoms with van der Waals surface area (Å²) in [6.45, 7) is 6.60. The molecule has 0 aromatic heterocycles. The lowest BCUT2D eigenvalue weighted by Gasteiger charge is -2.14. The molecule has 1 aromatic rings. The van der Waals surface area contributed by atoms with Gasteiger partial charge in [0.15, 0.2) is 5.78 Å². The van der Waals surface area contributed by atoms with Crippen molar-refractivity contribution < 1.29 is 9.53 Å². The molecule has 0 fully saturated rings. The number of ketones is 1. The fraction of sp³-hybridized carbons (Fsp3) is 0.438. The zero-order valence-electron chi connectivity index (χ0n) is 12.1. The highest BCUT2D eigenvalue weighted by molar-refractivity contribution is 5.94. The van der Waals surface area contributed by atoms with Gasteiger partial charge in [0, 0.05) is 12.5 Å². The Bertz CT molecular complexity index is 438. The summed E-state index contributed by atoms with van der Waals surface area (Å²) >= 11 is 0. The van der Waals surface area contributed by atoms with Gasteiger partial charge in [-0.1, -0.05) is 32.1 Å². The van der Waals surface area contributed by atoms with Crippen molar-refractivity contribution in [3.8, 4) is 5.75 Å². The molecule has 0 bridgehead atoms. The van der Waals surface area contributed by atoms with Crippen LogP contribution in [0.25, 0.3) is 6.08 Å². The molecule has 0 spiro atoms. The molecule has 0 unspecified atom stereocenters. The minimum Gasteiger partial charge on any atom is -0.489 e. The lowest BCUT2D eigenvalue weighted by atomic mass is 10.1. The average Bonchev–Trinajstić information content (AvgIpc) is 2.36. The zero-order chi connectivity index (χ0) is 14.3. The molecule has 0 aliphatic carbocycles. The number of rotatable bonds is 7. The van der Waals surface area contributed by atoms with E-state index in [4.69, 9.17) is 4.74 Å². The van der Waals surface area contributed by atoms with Crippen LogP contribution in [0.3, 0.4) is 0 Å². The number of hydrogen-bond acceptors (Lipinski definition) is 3. The molecule has 1 aromatic carbocycles. The quantitative estimate of drug-likeness (QED) is 0.767. The minimum absolute atomic E-state index is 0.0336. The Kier molecular flexibility index (Phi) is 6.30. The number of ether oxygens (including phenoxy) is 1. The van der Waals surface area contributed by atoms with E-state index in [1.807, 2.05) is 58.2 Å². The maximum atomic E-state index is 11.5. The second-order valence-electron chi connectivity index (χ2n) is 4.95. The van der Waals surface area contributed by atoms with Crippen LogP contribution in [0, 0.1) is 5.92 Å². The summed E-state index contributed by atoms with van der Waals surface area (Å²) < 4.78 is 5.77. The molecule has 0 radical (unpaired) electrons. The second kappa shape index (κ2) is 7.74. The smallest absolute Gasteiger partial charge is 0.158 e. The van der Waals surface area contributed by atoms with Gasteiger partial charge in [0.1, 0.15) is 11.9 Å². The highest BCUT2D eigenvalue weighted by Gasteiger charge is 2.04. The third kappa shape index (κ3) is 5.71. The Morgan fingerprint density at radius 2 is 2.11 bits per heavy atom. The maximum Gasteiger partial charge on any atom is 0.158 e. The van der Waals surface area contributed by atoms with Crippen LogP contribution in [0.4, 0.5) is 0 Å². The van der Waals surface area contributed by atoms with E-state index in [2.05, 4.69) is 5.32 Å². The molecule has 1 rings (SSSR count). The molecule has 0 saturated carbocycles. The summed E-state index contributed by atoms with van der Waals surface area (Å²) in [6.07, 6.45) is 3.57. The van der Waals surface area contributed by atoms with Crippen LogP contribution in [0.15, 0.2) is 30.3 Å². The normalized spacial score (nSPS) is 12.9. The molecule has 1 N–H and O–H groups in total. The fourth-order valence-electron chi connectivity index (χ4n) is 1.62. The van der Waals surface area contributed by atoms with Crippen molar-refractivity contribution in [3.05, 3.63) is 35.9 Å². The first-order chi connectivity index (χ1) is 9.02. The molecule has 0 saturated heterocycles. The summed E-state index contributed by atoms with van der Waals surface area (Å²) in [5, 5.41) is 3.07. The van der Waals surface area contributed by atoms with Crippen molar-refractivity contribution in [1.29, 1.82) is 0 Å². The molecule has 0 heterocycles. The topological polar surface area (TPSA) is 38.3 Å². The van der Waals surface area contributed by atoms with E-state index in [1.165, 1.54) is 0 Å². The number of hydrogen-bond donors (Lipinski definition) is 1. The first-order valence-electron chi connectivity index (χ1n) is 6.66. The average molecular weight is 261 g/mol. The zero-order valence-corrected chi connectivity index (χ0v) is 12.1. The highest BCUT2D eigenvalue weighted by Crippen LogP contribution is 2.16. The monoisotopic (exact) mass is 261 g/mol. The molecule has 19 heavy (non-hydrogen) atoms. The molecule has 1 atom stereocenters. The molecule has 3 heteroatoms. The van der Waals surface area contributed by atoms with Crippen LogP contribution in [0.2, 0.25) is 0 Å². The lowest BCUT2D eigenvalue weighted by Crippen LogP contribution is -2.25. The van der Waals surface area contributed by atoms with E-state index in [1.54, 1.807) is 6.08 Å². The van der Waals surface area contributed by atoms with Crippen LogP contribution >= 0.6 is 0 Å². The summed E-state index contributed by atoms with van der Waals surface area (Å²) in [7, 11) is 1.90. The number of benzene rings is 1. The van der Waals surface area contributed by atoms with Crippen molar-refractivity contribution >= 4 is 11.9 Å². The van der Waals surface area contributed by atoms with Crippen LogP contribution < -0.4 is 10.1 Å². The largest absolute Gasteiger partial charge is 0.489 e. The molecular weight excluding hydrogens is 238 g/mol. The van der Waals surface area contributed by atoms with E-state index in [9.17, 15) is 4.79 Å². The van der Waals surface area contributed by atoms with Gasteiger partial charge in [0.05, 0.1) is 0 Å². The van der Waals surface area contributed by atoms with Crippen LogP contribution in [-0.4, -0.2) is 25.5 Å². The predicted molar refractivity (Wildman–Crippen MR) is 79.3 cm³/mol. The lowest BCUT2D eigenvalue weighted by molar-refractivity contribution is -0.117. The van der Waals surface area contributed by atoms with Gasteiger partial charge in [0.25, 0.3) is 0 Å². The predicted octanol–water partition coefficient (Wildman–Crippen LogP) is 2.91. The van der Waals surface area contributed by atoms with Crippen LogP contribution in [0.5, 0.6) is 5.75 Å². The Labute approximate surface area is 115 Å². The number of carbonyl (C=O) groups excluding carboxylic acids is 1. The van der Waals surface area contributed by atoms with Gasteiger partial charge in [-0.05, 0) is 37.7 Å². The van der Waals surface area contributed by atoms with E-state index in [0.717, 1.165) is 17.9 Å².